The van der Waals surface area contributed by atoms with Gasteiger partial charge >= 0.3 is 27.5 Å². The summed E-state index contributed by atoms with van der Waals surface area (Å²) in [6, 6.07) is 0. The molecule has 41 heavy (non-hydrogen) atoms. The SMILES string of the molecule is O=S(=O)([O-])C(F)(F)F.O=S(=O)([O-])C(F)(F)F.O=S(=O)([O-])C(F)(F)F.O=S(=O)([O-])C(F)(F)F.O=S(=O)([O-])C(F)(F)F.[V]. The van der Waals surface area contributed by atoms with Gasteiger partial charge in [-0.25, -0.2) is 42.1 Å². The molecule has 0 atom stereocenters. The van der Waals surface area contributed by atoms with Gasteiger partial charge in [-0.1, -0.05) is 0 Å². The van der Waals surface area contributed by atoms with E-state index in [0.717, 1.165) is 0 Å². The zero-order chi connectivity index (χ0) is 35.0. The van der Waals surface area contributed by atoms with Crippen LogP contribution < -0.4 is 0 Å². The monoisotopic (exact) mass is 796 g/mol. The van der Waals surface area contributed by atoms with E-state index in [9.17, 15) is 65.9 Å². The van der Waals surface area contributed by atoms with E-state index in [-0.39, 0.29) is 18.6 Å². The minimum absolute atomic E-state index is 0. The average molecular weight is 796 g/mol. The van der Waals surface area contributed by atoms with Crippen LogP contribution >= 0.6 is 0 Å². The van der Waals surface area contributed by atoms with Gasteiger partial charge < -0.3 is 22.8 Å². The fraction of sp³-hybridized carbons (Fsp3) is 1.00. The Labute approximate surface area is 227 Å². The normalized spacial score (nSPS) is 13.7. The minimum Gasteiger partial charge on any atom is -0.741 e. The van der Waals surface area contributed by atoms with E-state index in [1.54, 1.807) is 0 Å². The van der Waals surface area contributed by atoms with Crippen molar-refractivity contribution in [2.75, 3.05) is 0 Å². The molecule has 15 nitrogen and oxygen atoms in total. The molecule has 0 saturated carbocycles. The molecular formula is C5F15O15S5V-5. The Hall–Kier alpha value is -0.916. The minimum atomic E-state index is -6.09. The molecule has 0 fully saturated rings. The molecule has 36 heteroatoms. The molecular weight excluding hydrogens is 796 g/mol. The van der Waals surface area contributed by atoms with Gasteiger partial charge in [0, 0.05) is 18.6 Å². The van der Waals surface area contributed by atoms with Crippen molar-refractivity contribution < 1.29 is 149 Å². The van der Waals surface area contributed by atoms with E-state index in [0.29, 0.717) is 0 Å². The Balaban J connectivity index is -0.0000000928. The van der Waals surface area contributed by atoms with Gasteiger partial charge in [0.2, 0.25) is 0 Å². The smallest absolute Gasteiger partial charge is 0.485 e. The summed E-state index contributed by atoms with van der Waals surface area (Å²) in [6.07, 6.45) is 0. The zero-order valence-corrected chi connectivity index (χ0v) is 22.3. The first kappa shape index (κ1) is 52.7. The molecule has 1 radical (unpaired) electrons. The predicted molar refractivity (Wildman–Crippen MR) is 78.8 cm³/mol. The van der Waals surface area contributed by atoms with Gasteiger partial charge in [-0.2, -0.15) is 65.9 Å². The fourth-order valence-electron chi connectivity index (χ4n) is 0. The summed E-state index contributed by atoms with van der Waals surface area (Å²) in [5.41, 5.74) is -28.2. The molecule has 0 unspecified atom stereocenters. The van der Waals surface area contributed by atoms with E-state index in [1.807, 2.05) is 0 Å². The summed E-state index contributed by atoms with van der Waals surface area (Å²) in [5.74, 6) is 0. The molecule has 0 aliphatic heterocycles. The van der Waals surface area contributed by atoms with Crippen LogP contribution in [-0.2, 0) is 69.1 Å². The van der Waals surface area contributed by atoms with Crippen LogP contribution in [0.2, 0.25) is 0 Å². The fourth-order valence-corrected chi connectivity index (χ4v) is 0. The second kappa shape index (κ2) is 16.2. The van der Waals surface area contributed by atoms with Crippen LogP contribution in [0.3, 0.4) is 0 Å². The molecule has 0 bridgehead atoms. The molecule has 0 heterocycles. The summed E-state index contributed by atoms with van der Waals surface area (Å²) in [5, 5.41) is 0. The molecule has 0 aromatic heterocycles. The third-order valence-electron chi connectivity index (χ3n) is 1.42. The van der Waals surface area contributed by atoms with Crippen molar-refractivity contribution in [2.24, 2.45) is 0 Å². The Bertz CT molecular complexity index is 1070. The van der Waals surface area contributed by atoms with Crippen LogP contribution in [0.25, 0.3) is 0 Å². The summed E-state index contributed by atoms with van der Waals surface area (Å²) < 4.78 is 295. The summed E-state index contributed by atoms with van der Waals surface area (Å²) >= 11 is 0. The number of halogens is 15. The zero-order valence-electron chi connectivity index (χ0n) is 16.8. The number of hydrogen-bond donors (Lipinski definition) is 0. The molecule has 0 amide bonds. The molecule has 0 aromatic carbocycles. The number of hydrogen-bond acceptors (Lipinski definition) is 15. The third-order valence-corrected chi connectivity index (χ3v) is 4.25. The Morgan fingerprint density at radius 3 is 0.293 bits per heavy atom. The predicted octanol–water partition coefficient (Wildman–Crippen LogP) is 0.255. The maximum absolute atomic E-state index is 10.7. The Kier molecular flexibility index (Phi) is 20.9. The molecule has 0 aromatic rings. The molecule has 0 aliphatic carbocycles. The van der Waals surface area contributed by atoms with Crippen LogP contribution in [0, 0.1) is 0 Å². The quantitative estimate of drug-likeness (QED) is 0.180. The number of alkyl halides is 15. The topological polar surface area (TPSA) is 286 Å². The van der Waals surface area contributed by atoms with E-state index < -0.39 is 78.1 Å². The van der Waals surface area contributed by atoms with E-state index in [1.165, 1.54) is 0 Å². The van der Waals surface area contributed by atoms with E-state index in [2.05, 4.69) is 0 Å². The van der Waals surface area contributed by atoms with Gasteiger partial charge in [0.1, 0.15) is 0 Å². The largest absolute Gasteiger partial charge is 0.741 e. The maximum Gasteiger partial charge on any atom is 0.485 e. The van der Waals surface area contributed by atoms with Crippen molar-refractivity contribution in [2.45, 2.75) is 27.5 Å². The van der Waals surface area contributed by atoms with Crippen LogP contribution in [0.15, 0.2) is 0 Å². The Morgan fingerprint density at radius 2 is 0.293 bits per heavy atom. The van der Waals surface area contributed by atoms with Gasteiger partial charge in [0.05, 0.1) is 0 Å². The van der Waals surface area contributed by atoms with Crippen molar-refractivity contribution >= 4 is 50.6 Å². The van der Waals surface area contributed by atoms with E-state index >= 15 is 0 Å². The van der Waals surface area contributed by atoms with Gasteiger partial charge in [-0.05, 0) is 0 Å². The van der Waals surface area contributed by atoms with Crippen molar-refractivity contribution in [1.82, 2.24) is 0 Å². The third kappa shape index (κ3) is 27.7. The first-order chi connectivity index (χ1) is 16.2. The molecule has 0 spiro atoms. The van der Waals surface area contributed by atoms with E-state index in [4.69, 9.17) is 64.9 Å². The summed E-state index contributed by atoms with van der Waals surface area (Å²) in [6.45, 7) is 0. The summed E-state index contributed by atoms with van der Waals surface area (Å²) in [4.78, 5) is 0. The van der Waals surface area contributed by atoms with Crippen LogP contribution in [0.4, 0.5) is 65.9 Å². The average Bonchev–Trinajstić information content (AvgIpc) is 2.47. The van der Waals surface area contributed by atoms with Crippen molar-refractivity contribution in [1.29, 1.82) is 0 Å². The second-order valence-electron chi connectivity index (χ2n) is 4.50. The van der Waals surface area contributed by atoms with Crippen molar-refractivity contribution in [3.05, 3.63) is 0 Å². The number of rotatable bonds is 0. The molecule has 0 aliphatic rings. The molecule has 255 valence electrons. The Morgan fingerprint density at radius 1 is 0.268 bits per heavy atom. The van der Waals surface area contributed by atoms with Gasteiger partial charge in [-0.3, -0.25) is 0 Å². The van der Waals surface area contributed by atoms with Crippen molar-refractivity contribution in [3.63, 3.8) is 0 Å². The first-order valence-corrected chi connectivity index (χ1v) is 13.4. The van der Waals surface area contributed by atoms with Gasteiger partial charge in [-0.15, -0.1) is 0 Å². The van der Waals surface area contributed by atoms with Crippen LogP contribution in [0.5, 0.6) is 0 Å². The molecule has 0 saturated heterocycles. The van der Waals surface area contributed by atoms with Crippen LogP contribution in [-0.4, -0.2) is 92.4 Å². The maximum atomic E-state index is 10.7. The van der Waals surface area contributed by atoms with Crippen LogP contribution in [0.1, 0.15) is 0 Å². The molecule has 0 N–H and O–H groups in total. The molecule has 0 rings (SSSR count). The summed E-state index contributed by atoms with van der Waals surface area (Å²) in [7, 11) is -30.5. The van der Waals surface area contributed by atoms with Crippen molar-refractivity contribution in [3.8, 4) is 0 Å². The van der Waals surface area contributed by atoms with Gasteiger partial charge in [0.25, 0.3) is 0 Å². The standard InChI is InChI=1S/5CHF3O3S.V/c5*2-1(3,4)8(5,6)7;/h5*(H,5,6,7);/p-5. The second-order valence-corrected chi connectivity index (χ2v) is 11.4. The van der Waals surface area contributed by atoms with Gasteiger partial charge in [0.15, 0.2) is 50.6 Å². The first-order valence-electron chi connectivity index (χ1n) is 6.36.